The SMILES string of the molecule is CCCCC1(C)C=CC2=C(C=C1)C=CC(C)(CCCC)C=C2. The lowest BCUT2D eigenvalue weighted by Crippen LogP contribution is -2.09. The first-order valence-corrected chi connectivity index (χ1v) is 9.01. The van der Waals surface area contributed by atoms with Crippen molar-refractivity contribution in [1.29, 1.82) is 0 Å². The lowest BCUT2D eigenvalue weighted by atomic mass is 9.83. The molecule has 0 radical (unpaired) electrons. The third-order valence-electron chi connectivity index (χ3n) is 5.05. The van der Waals surface area contributed by atoms with Gasteiger partial charge in [-0.25, -0.2) is 0 Å². The molecule has 0 aromatic carbocycles. The largest absolute Gasteiger partial charge is 0.0742 e. The van der Waals surface area contributed by atoms with Gasteiger partial charge >= 0.3 is 0 Å². The number of hydrogen-bond donors (Lipinski definition) is 0. The van der Waals surface area contributed by atoms with Crippen LogP contribution < -0.4 is 0 Å². The second-order valence-corrected chi connectivity index (χ2v) is 7.46. The van der Waals surface area contributed by atoms with Crippen molar-refractivity contribution in [2.75, 3.05) is 0 Å². The van der Waals surface area contributed by atoms with Crippen LogP contribution in [0.4, 0.5) is 0 Å². The summed E-state index contributed by atoms with van der Waals surface area (Å²) in [6, 6.07) is 0. The zero-order chi connectivity index (χ0) is 16.1. The highest BCUT2D eigenvalue weighted by Gasteiger charge is 2.22. The predicted octanol–water partition coefficient (Wildman–Crippen LogP) is 6.93. The summed E-state index contributed by atoms with van der Waals surface area (Å²) in [4.78, 5) is 0. The quantitative estimate of drug-likeness (QED) is 0.498. The van der Waals surface area contributed by atoms with E-state index in [9.17, 15) is 0 Å². The average molecular weight is 296 g/mol. The number of allylic oxidation sites excluding steroid dienone is 10. The van der Waals surface area contributed by atoms with Gasteiger partial charge in [-0.15, -0.1) is 0 Å². The molecule has 22 heavy (non-hydrogen) atoms. The van der Waals surface area contributed by atoms with E-state index in [1.165, 1.54) is 49.7 Å². The van der Waals surface area contributed by atoms with Gasteiger partial charge in [-0.05, 0) is 24.0 Å². The summed E-state index contributed by atoms with van der Waals surface area (Å²) in [5, 5.41) is 0. The molecule has 0 bridgehead atoms. The second kappa shape index (κ2) is 7.31. The summed E-state index contributed by atoms with van der Waals surface area (Å²) in [6.07, 6.45) is 26.5. The minimum absolute atomic E-state index is 0.204. The molecule has 0 heterocycles. The van der Waals surface area contributed by atoms with Gasteiger partial charge in [-0.2, -0.15) is 0 Å². The van der Waals surface area contributed by atoms with E-state index >= 15 is 0 Å². The van der Waals surface area contributed by atoms with Crippen LogP contribution in [0.15, 0.2) is 59.8 Å². The Labute approximate surface area is 137 Å². The van der Waals surface area contributed by atoms with Crippen LogP contribution in [0.25, 0.3) is 0 Å². The Bertz CT molecular complexity index is 442. The van der Waals surface area contributed by atoms with E-state index in [0.717, 1.165) is 0 Å². The normalized spacial score (nSPS) is 21.6. The Hall–Kier alpha value is -1.30. The molecule has 0 N–H and O–H groups in total. The molecule has 2 aliphatic carbocycles. The first-order valence-electron chi connectivity index (χ1n) is 9.01. The van der Waals surface area contributed by atoms with Crippen LogP contribution in [0.5, 0.6) is 0 Å². The van der Waals surface area contributed by atoms with E-state index in [-0.39, 0.29) is 10.8 Å². The molecular weight excluding hydrogens is 264 g/mol. The van der Waals surface area contributed by atoms with Gasteiger partial charge in [-0.3, -0.25) is 0 Å². The number of hydrogen-bond acceptors (Lipinski definition) is 0. The summed E-state index contributed by atoms with van der Waals surface area (Å²) < 4.78 is 0. The molecule has 0 saturated carbocycles. The van der Waals surface area contributed by atoms with E-state index in [2.05, 4.69) is 76.3 Å². The molecule has 2 rings (SSSR count). The Morgan fingerprint density at radius 3 is 1.23 bits per heavy atom. The third kappa shape index (κ3) is 4.35. The van der Waals surface area contributed by atoms with Crippen molar-refractivity contribution in [3.8, 4) is 0 Å². The van der Waals surface area contributed by atoms with Crippen LogP contribution in [0.3, 0.4) is 0 Å². The van der Waals surface area contributed by atoms with Crippen molar-refractivity contribution in [3.63, 3.8) is 0 Å². The molecule has 0 spiro atoms. The van der Waals surface area contributed by atoms with E-state index in [4.69, 9.17) is 0 Å². The van der Waals surface area contributed by atoms with Gasteiger partial charge in [0.15, 0.2) is 0 Å². The topological polar surface area (TPSA) is 0 Å². The van der Waals surface area contributed by atoms with Crippen LogP contribution in [0.2, 0.25) is 0 Å². The Kier molecular flexibility index (Phi) is 5.67. The molecule has 2 aliphatic rings. The van der Waals surface area contributed by atoms with Gasteiger partial charge in [-0.1, -0.05) is 102 Å². The maximum atomic E-state index is 2.40. The van der Waals surface area contributed by atoms with Crippen molar-refractivity contribution >= 4 is 0 Å². The fraction of sp³-hybridized carbons (Fsp3) is 0.545. The van der Waals surface area contributed by atoms with Crippen molar-refractivity contribution in [2.24, 2.45) is 10.8 Å². The van der Waals surface area contributed by atoms with Crippen LogP contribution in [0, 0.1) is 10.8 Å². The fourth-order valence-corrected chi connectivity index (χ4v) is 3.18. The molecule has 0 atom stereocenters. The Morgan fingerprint density at radius 1 is 0.636 bits per heavy atom. The molecular formula is C22H32. The summed E-state index contributed by atoms with van der Waals surface area (Å²) in [6.45, 7) is 9.23. The molecule has 120 valence electrons. The van der Waals surface area contributed by atoms with Crippen molar-refractivity contribution < 1.29 is 0 Å². The molecule has 0 amide bonds. The smallest absolute Gasteiger partial charge is 0.00393 e. The maximum absolute atomic E-state index is 2.40. The summed E-state index contributed by atoms with van der Waals surface area (Å²) in [5.41, 5.74) is 3.12. The molecule has 0 unspecified atom stereocenters. The Morgan fingerprint density at radius 2 is 0.955 bits per heavy atom. The number of rotatable bonds is 6. The van der Waals surface area contributed by atoms with Crippen LogP contribution in [-0.2, 0) is 0 Å². The van der Waals surface area contributed by atoms with Crippen LogP contribution >= 0.6 is 0 Å². The first-order chi connectivity index (χ1) is 10.5. The van der Waals surface area contributed by atoms with Crippen LogP contribution in [-0.4, -0.2) is 0 Å². The fourth-order valence-electron chi connectivity index (χ4n) is 3.18. The standard InChI is InChI=1S/C22H32/c1-5-7-13-21(3)15-9-19-11-17-22(4,14-8-6-2)18-12-20(19)10-16-21/h9-12,15-18H,5-8,13-14H2,1-4H3. The lowest BCUT2D eigenvalue weighted by Gasteiger charge is -2.22. The highest BCUT2D eigenvalue weighted by Crippen LogP contribution is 2.36. The van der Waals surface area contributed by atoms with Gasteiger partial charge < -0.3 is 0 Å². The van der Waals surface area contributed by atoms with Crippen molar-refractivity contribution in [1.82, 2.24) is 0 Å². The monoisotopic (exact) mass is 296 g/mol. The molecule has 0 heteroatoms. The molecule has 0 saturated heterocycles. The summed E-state index contributed by atoms with van der Waals surface area (Å²) in [5.74, 6) is 0. The highest BCUT2D eigenvalue weighted by molar-refractivity contribution is 5.51. The zero-order valence-corrected chi connectivity index (χ0v) is 14.9. The highest BCUT2D eigenvalue weighted by atomic mass is 14.3. The van der Waals surface area contributed by atoms with Gasteiger partial charge in [0.05, 0.1) is 0 Å². The van der Waals surface area contributed by atoms with Gasteiger partial charge in [0, 0.05) is 10.8 Å². The lowest BCUT2D eigenvalue weighted by molar-refractivity contribution is 0.473. The van der Waals surface area contributed by atoms with Gasteiger partial charge in [0.2, 0.25) is 0 Å². The molecule has 0 aromatic rings. The third-order valence-corrected chi connectivity index (χ3v) is 5.05. The Balaban J connectivity index is 2.18. The van der Waals surface area contributed by atoms with Crippen LogP contribution in [0.1, 0.15) is 66.2 Å². The first kappa shape index (κ1) is 17.1. The minimum atomic E-state index is 0.204. The zero-order valence-electron chi connectivity index (χ0n) is 14.9. The molecule has 0 aliphatic heterocycles. The van der Waals surface area contributed by atoms with Gasteiger partial charge in [0.1, 0.15) is 0 Å². The van der Waals surface area contributed by atoms with Crippen molar-refractivity contribution in [3.05, 3.63) is 59.8 Å². The van der Waals surface area contributed by atoms with E-state index in [1.807, 2.05) is 0 Å². The average Bonchev–Trinajstić information content (AvgIpc) is 2.77. The molecule has 0 fully saturated rings. The summed E-state index contributed by atoms with van der Waals surface area (Å²) >= 11 is 0. The van der Waals surface area contributed by atoms with Gasteiger partial charge in [0.25, 0.3) is 0 Å². The van der Waals surface area contributed by atoms with E-state index < -0.39 is 0 Å². The number of unbranched alkanes of at least 4 members (excludes halogenated alkanes) is 2. The summed E-state index contributed by atoms with van der Waals surface area (Å²) in [7, 11) is 0. The molecule has 0 nitrogen and oxygen atoms in total. The second-order valence-electron chi connectivity index (χ2n) is 7.46. The van der Waals surface area contributed by atoms with E-state index in [0.29, 0.717) is 0 Å². The predicted molar refractivity (Wildman–Crippen MR) is 98.9 cm³/mol. The minimum Gasteiger partial charge on any atom is -0.0742 e. The maximum Gasteiger partial charge on any atom is 0.00393 e. The van der Waals surface area contributed by atoms with Crippen molar-refractivity contribution in [2.45, 2.75) is 66.2 Å². The van der Waals surface area contributed by atoms with E-state index in [1.54, 1.807) is 0 Å². The molecule has 0 aromatic heterocycles.